The van der Waals surface area contributed by atoms with Gasteiger partial charge in [0.2, 0.25) is 5.91 Å². The second-order valence-corrected chi connectivity index (χ2v) is 12.5. The fourth-order valence-electron chi connectivity index (χ4n) is 4.79. The fraction of sp³-hybridized carbons (Fsp3) is 0.194. The molecular weight excluding hydrogens is 515 g/mol. The molecule has 37 heavy (non-hydrogen) atoms. The molecule has 186 valence electrons. The topological polar surface area (TPSA) is 37.4 Å². The predicted molar refractivity (Wildman–Crippen MR) is 162 cm³/mol. The van der Waals surface area contributed by atoms with Gasteiger partial charge >= 0.3 is 0 Å². The quantitative estimate of drug-likeness (QED) is 0.248. The Labute approximate surface area is 232 Å². The normalized spacial score (nSPS) is 18.7. The minimum Gasteiger partial charge on any atom is -0.301 e. The number of Topliss-reactive ketones (excluding diaryl/α,β-unsaturated/α-hetero) is 1. The lowest BCUT2D eigenvalue weighted by Gasteiger charge is -2.45. The van der Waals surface area contributed by atoms with Crippen LogP contribution in [0, 0.1) is 6.92 Å². The molecule has 1 amide bonds. The molecule has 0 saturated heterocycles. The maximum Gasteiger partial charge on any atom is 0.232 e. The third-order valence-corrected chi connectivity index (χ3v) is 10.1. The Morgan fingerprint density at radius 2 is 1.57 bits per heavy atom. The maximum absolute atomic E-state index is 13.8. The number of amides is 1. The SMILES string of the molecule is CC(=O)C1=C(c2ccccc2)S/C(=C2/C(=S)C(C)(C)N(C(=O)Cc3ccccc3)c3ccc(C)cc32)S1. The number of carbonyl (C=O) groups excluding carboxylic acids is 2. The van der Waals surface area contributed by atoms with Crippen LogP contribution in [0.2, 0.25) is 0 Å². The number of nitrogens with zero attached hydrogens (tertiary/aromatic N) is 1. The van der Waals surface area contributed by atoms with E-state index in [4.69, 9.17) is 12.2 Å². The highest BCUT2D eigenvalue weighted by Gasteiger charge is 2.45. The van der Waals surface area contributed by atoms with Gasteiger partial charge in [0.05, 0.1) is 31.7 Å². The number of hydrogen-bond acceptors (Lipinski definition) is 5. The van der Waals surface area contributed by atoms with E-state index in [0.717, 1.165) is 47.6 Å². The van der Waals surface area contributed by atoms with Crippen molar-refractivity contribution in [3.8, 4) is 0 Å². The van der Waals surface area contributed by atoms with Crippen molar-refractivity contribution < 1.29 is 9.59 Å². The number of fused-ring (bicyclic) bond motifs is 1. The number of anilines is 1. The molecule has 0 bridgehead atoms. The van der Waals surface area contributed by atoms with Gasteiger partial charge in [0.15, 0.2) is 5.78 Å². The molecule has 0 unspecified atom stereocenters. The molecule has 0 saturated carbocycles. The molecule has 0 spiro atoms. The number of rotatable bonds is 4. The van der Waals surface area contributed by atoms with Crippen LogP contribution in [0.1, 0.15) is 43.0 Å². The van der Waals surface area contributed by atoms with E-state index in [9.17, 15) is 9.59 Å². The van der Waals surface area contributed by atoms with Crippen molar-refractivity contribution in [2.45, 2.75) is 39.7 Å². The summed E-state index contributed by atoms with van der Waals surface area (Å²) < 4.78 is 0.990. The molecule has 2 heterocycles. The number of ketones is 1. The second-order valence-electron chi connectivity index (χ2n) is 9.75. The van der Waals surface area contributed by atoms with E-state index in [-0.39, 0.29) is 11.7 Å². The van der Waals surface area contributed by atoms with Crippen molar-refractivity contribution in [3.63, 3.8) is 0 Å². The standard InChI is InChI=1S/C31H27NO2S3/c1-19-15-16-24-23(17-19)26(30-36-27(20(2)33)28(37-30)22-13-9-6-10-14-22)29(35)31(3,4)32(24)25(34)18-21-11-7-5-8-12-21/h5-17H,18H2,1-4H3/b30-26+. The first kappa shape index (κ1) is 25.7. The third-order valence-electron chi connectivity index (χ3n) is 6.61. The zero-order chi connectivity index (χ0) is 26.3. The lowest BCUT2D eigenvalue weighted by Crippen LogP contribution is -2.56. The summed E-state index contributed by atoms with van der Waals surface area (Å²) in [5, 5.41) is 0. The Morgan fingerprint density at radius 3 is 2.22 bits per heavy atom. The average Bonchev–Trinajstić information content (AvgIpc) is 3.31. The Kier molecular flexibility index (Phi) is 7.01. The summed E-state index contributed by atoms with van der Waals surface area (Å²) in [5.74, 6) is 0.0454. The van der Waals surface area contributed by atoms with Crippen molar-refractivity contribution in [1.29, 1.82) is 0 Å². The zero-order valence-corrected chi connectivity index (χ0v) is 23.7. The van der Waals surface area contributed by atoms with Crippen molar-refractivity contribution >= 4 is 68.5 Å². The van der Waals surface area contributed by atoms with Gasteiger partial charge in [-0.25, -0.2) is 0 Å². The highest BCUT2D eigenvalue weighted by molar-refractivity contribution is 8.32. The van der Waals surface area contributed by atoms with E-state index in [0.29, 0.717) is 11.3 Å². The molecule has 5 rings (SSSR count). The van der Waals surface area contributed by atoms with Gasteiger partial charge in [0.25, 0.3) is 0 Å². The summed E-state index contributed by atoms with van der Waals surface area (Å²) in [6, 6.07) is 26.0. The first-order valence-electron chi connectivity index (χ1n) is 12.1. The number of thiocarbonyl (C=S) groups is 1. The monoisotopic (exact) mass is 541 g/mol. The van der Waals surface area contributed by atoms with Crippen LogP contribution in [0.15, 0.2) is 88.0 Å². The molecule has 3 aromatic carbocycles. The number of benzene rings is 3. The Hall–Kier alpha value is -2.93. The van der Waals surface area contributed by atoms with Gasteiger partial charge in [-0.1, -0.05) is 108 Å². The largest absolute Gasteiger partial charge is 0.301 e. The molecule has 2 aliphatic rings. The minimum atomic E-state index is -0.723. The van der Waals surface area contributed by atoms with E-state index in [2.05, 4.69) is 6.07 Å². The van der Waals surface area contributed by atoms with E-state index < -0.39 is 5.54 Å². The van der Waals surface area contributed by atoms with Crippen LogP contribution < -0.4 is 4.90 Å². The van der Waals surface area contributed by atoms with Crippen LogP contribution in [-0.2, 0) is 16.0 Å². The van der Waals surface area contributed by atoms with Gasteiger partial charge in [-0.05, 0) is 51.0 Å². The molecule has 3 nitrogen and oxygen atoms in total. The smallest absolute Gasteiger partial charge is 0.232 e. The average molecular weight is 542 g/mol. The number of carbonyl (C=O) groups is 2. The molecule has 6 heteroatoms. The number of thioether (sulfide) groups is 2. The zero-order valence-electron chi connectivity index (χ0n) is 21.2. The minimum absolute atomic E-state index is 0.00644. The fourth-order valence-corrected chi connectivity index (χ4v) is 7.98. The van der Waals surface area contributed by atoms with Gasteiger partial charge in [-0.15, -0.1) is 0 Å². The lowest BCUT2D eigenvalue weighted by atomic mass is 9.82. The van der Waals surface area contributed by atoms with Crippen LogP contribution in [0.5, 0.6) is 0 Å². The summed E-state index contributed by atoms with van der Waals surface area (Å²) in [4.78, 5) is 30.7. The number of aryl methyl sites for hydroxylation is 1. The Bertz CT molecular complexity index is 1490. The van der Waals surface area contributed by atoms with Crippen LogP contribution >= 0.6 is 35.7 Å². The van der Waals surface area contributed by atoms with Gasteiger partial charge in [0, 0.05) is 16.0 Å². The molecule has 0 aliphatic carbocycles. The van der Waals surface area contributed by atoms with Crippen LogP contribution in [0.4, 0.5) is 5.69 Å². The summed E-state index contributed by atoms with van der Waals surface area (Å²) in [5.41, 5.74) is 5.10. The number of hydrogen-bond donors (Lipinski definition) is 0. The van der Waals surface area contributed by atoms with Gasteiger partial charge in [0.1, 0.15) is 0 Å². The van der Waals surface area contributed by atoms with E-state index in [1.807, 2.05) is 98.5 Å². The van der Waals surface area contributed by atoms with E-state index in [1.54, 1.807) is 18.7 Å². The molecule has 2 aliphatic heterocycles. The van der Waals surface area contributed by atoms with Gasteiger partial charge in [-0.3, -0.25) is 9.59 Å². The third kappa shape index (κ3) is 4.74. The first-order valence-corrected chi connectivity index (χ1v) is 14.2. The summed E-state index contributed by atoms with van der Waals surface area (Å²) in [6.07, 6.45) is 0.295. The highest BCUT2D eigenvalue weighted by Crippen LogP contribution is 2.58. The van der Waals surface area contributed by atoms with Gasteiger partial charge < -0.3 is 4.90 Å². The predicted octanol–water partition coefficient (Wildman–Crippen LogP) is 7.84. The molecule has 0 aromatic heterocycles. The molecule has 0 fully saturated rings. The lowest BCUT2D eigenvalue weighted by molar-refractivity contribution is -0.118. The molecule has 0 N–H and O–H groups in total. The summed E-state index contributed by atoms with van der Waals surface area (Å²) in [6.45, 7) is 7.70. The van der Waals surface area contributed by atoms with E-state index in [1.165, 1.54) is 11.8 Å². The molecule has 3 aromatic rings. The Balaban J connectivity index is 1.64. The van der Waals surface area contributed by atoms with Crippen molar-refractivity contribution in [2.75, 3.05) is 4.90 Å². The van der Waals surface area contributed by atoms with Crippen LogP contribution in [-0.4, -0.2) is 22.1 Å². The van der Waals surface area contributed by atoms with Crippen molar-refractivity contribution in [1.82, 2.24) is 0 Å². The highest BCUT2D eigenvalue weighted by atomic mass is 32.2. The number of allylic oxidation sites excluding steroid dienone is 1. The van der Waals surface area contributed by atoms with E-state index >= 15 is 0 Å². The molecule has 0 atom stereocenters. The van der Waals surface area contributed by atoms with Crippen molar-refractivity contribution in [3.05, 3.63) is 110 Å². The van der Waals surface area contributed by atoms with Gasteiger partial charge in [-0.2, -0.15) is 0 Å². The first-order chi connectivity index (χ1) is 17.7. The second kappa shape index (κ2) is 10.1. The Morgan fingerprint density at radius 1 is 0.919 bits per heavy atom. The summed E-state index contributed by atoms with van der Waals surface area (Å²) >= 11 is 9.26. The van der Waals surface area contributed by atoms with Crippen LogP contribution in [0.3, 0.4) is 0 Å². The summed E-state index contributed by atoms with van der Waals surface area (Å²) in [7, 11) is 0. The maximum atomic E-state index is 13.8. The molecule has 0 radical (unpaired) electrons. The van der Waals surface area contributed by atoms with Crippen LogP contribution in [0.25, 0.3) is 10.5 Å². The van der Waals surface area contributed by atoms with Crippen molar-refractivity contribution in [2.24, 2.45) is 0 Å². The molecular formula is C31H27NO2S3.